The van der Waals surface area contributed by atoms with Crippen LogP contribution < -0.4 is 0 Å². The second-order valence-corrected chi connectivity index (χ2v) is 5.59. The van der Waals surface area contributed by atoms with E-state index >= 15 is 0 Å². The molecule has 0 aliphatic heterocycles. The molecule has 0 amide bonds. The van der Waals surface area contributed by atoms with E-state index in [0.717, 1.165) is 25.2 Å². The Morgan fingerprint density at radius 2 is 1.94 bits per heavy atom. The summed E-state index contributed by atoms with van der Waals surface area (Å²) in [4.78, 5) is 0. The fourth-order valence-corrected chi connectivity index (χ4v) is 3.02. The van der Waals surface area contributed by atoms with E-state index in [4.69, 9.17) is 0 Å². The van der Waals surface area contributed by atoms with Gasteiger partial charge in [0.05, 0.1) is 5.60 Å². The summed E-state index contributed by atoms with van der Waals surface area (Å²) in [6, 6.07) is 10.4. The Morgan fingerprint density at radius 3 is 2.65 bits per heavy atom. The van der Waals surface area contributed by atoms with Crippen LogP contribution in [0.5, 0.6) is 0 Å². The van der Waals surface area contributed by atoms with Crippen molar-refractivity contribution in [2.45, 2.75) is 57.5 Å². The number of rotatable bonds is 3. The fourth-order valence-electron chi connectivity index (χ4n) is 3.02. The topological polar surface area (TPSA) is 20.2 Å². The van der Waals surface area contributed by atoms with Crippen LogP contribution >= 0.6 is 0 Å². The zero-order chi connectivity index (χ0) is 12.1. The molecule has 0 bridgehead atoms. The molecule has 1 aliphatic carbocycles. The lowest BCUT2D eigenvalue weighted by Gasteiger charge is -2.27. The second kappa shape index (κ2) is 5.68. The van der Waals surface area contributed by atoms with Crippen molar-refractivity contribution in [1.29, 1.82) is 0 Å². The van der Waals surface area contributed by atoms with E-state index < -0.39 is 5.60 Å². The van der Waals surface area contributed by atoms with Gasteiger partial charge in [-0.3, -0.25) is 0 Å². The molecule has 1 aromatic carbocycles. The first kappa shape index (κ1) is 12.6. The van der Waals surface area contributed by atoms with E-state index in [2.05, 4.69) is 31.2 Å². The van der Waals surface area contributed by atoms with Crippen molar-refractivity contribution >= 4 is 0 Å². The van der Waals surface area contributed by atoms with Gasteiger partial charge in [0.25, 0.3) is 0 Å². The minimum Gasteiger partial charge on any atom is -0.390 e. The quantitative estimate of drug-likeness (QED) is 0.782. The molecule has 0 saturated heterocycles. The number of aliphatic hydroxyl groups is 1. The Balaban J connectivity index is 1.99. The predicted molar refractivity (Wildman–Crippen MR) is 72.0 cm³/mol. The largest absolute Gasteiger partial charge is 0.390 e. The zero-order valence-corrected chi connectivity index (χ0v) is 10.9. The lowest BCUT2D eigenvalue weighted by molar-refractivity contribution is 0.0242. The van der Waals surface area contributed by atoms with Gasteiger partial charge < -0.3 is 5.11 Å². The normalized spacial score (nSPS) is 29.9. The highest BCUT2D eigenvalue weighted by Crippen LogP contribution is 2.33. The van der Waals surface area contributed by atoms with Crippen LogP contribution in [0.2, 0.25) is 0 Å². The van der Waals surface area contributed by atoms with Crippen LogP contribution in [-0.4, -0.2) is 10.7 Å². The van der Waals surface area contributed by atoms with Crippen LogP contribution in [0.3, 0.4) is 0 Å². The second-order valence-electron chi connectivity index (χ2n) is 5.59. The first-order valence-electron chi connectivity index (χ1n) is 6.98. The van der Waals surface area contributed by atoms with Crippen molar-refractivity contribution < 1.29 is 5.11 Å². The van der Waals surface area contributed by atoms with Crippen molar-refractivity contribution in [3.63, 3.8) is 0 Å². The molecule has 0 aromatic heterocycles. The highest BCUT2D eigenvalue weighted by atomic mass is 16.3. The van der Waals surface area contributed by atoms with Crippen molar-refractivity contribution in [2.75, 3.05) is 0 Å². The standard InChI is InChI=1S/C16H24O/c1-2-14-9-6-11-16(17,12-10-14)13-15-7-4-3-5-8-15/h3-5,7-8,14,17H,2,6,9-13H2,1H3. The Hall–Kier alpha value is -0.820. The maximum atomic E-state index is 10.7. The zero-order valence-electron chi connectivity index (χ0n) is 10.9. The average molecular weight is 232 g/mol. The number of hydrogen-bond acceptors (Lipinski definition) is 1. The monoisotopic (exact) mass is 232 g/mol. The van der Waals surface area contributed by atoms with E-state index in [1.54, 1.807) is 0 Å². The maximum Gasteiger partial charge on any atom is 0.0688 e. The van der Waals surface area contributed by atoms with Gasteiger partial charge in [-0.2, -0.15) is 0 Å². The highest BCUT2D eigenvalue weighted by Gasteiger charge is 2.30. The van der Waals surface area contributed by atoms with Crippen LogP contribution in [0.15, 0.2) is 30.3 Å². The van der Waals surface area contributed by atoms with Crippen LogP contribution in [0.4, 0.5) is 0 Å². The summed E-state index contributed by atoms with van der Waals surface area (Å²) >= 11 is 0. The Morgan fingerprint density at radius 1 is 1.18 bits per heavy atom. The van der Waals surface area contributed by atoms with Gasteiger partial charge in [-0.1, -0.05) is 56.5 Å². The molecule has 1 heteroatoms. The van der Waals surface area contributed by atoms with E-state index in [1.165, 1.54) is 31.2 Å². The van der Waals surface area contributed by atoms with Gasteiger partial charge in [-0.15, -0.1) is 0 Å². The van der Waals surface area contributed by atoms with Crippen LogP contribution in [-0.2, 0) is 6.42 Å². The minimum absolute atomic E-state index is 0.453. The third-order valence-corrected chi connectivity index (χ3v) is 4.23. The molecule has 94 valence electrons. The molecule has 2 rings (SSSR count). The van der Waals surface area contributed by atoms with Crippen molar-refractivity contribution in [3.8, 4) is 0 Å². The van der Waals surface area contributed by atoms with Crippen LogP contribution in [0.1, 0.15) is 51.0 Å². The lowest BCUT2D eigenvalue weighted by Crippen LogP contribution is -2.30. The molecule has 2 atom stereocenters. The van der Waals surface area contributed by atoms with Crippen molar-refractivity contribution in [3.05, 3.63) is 35.9 Å². The Labute approximate surface area is 105 Å². The first-order valence-corrected chi connectivity index (χ1v) is 6.98. The van der Waals surface area contributed by atoms with E-state index in [9.17, 15) is 5.11 Å². The summed E-state index contributed by atoms with van der Waals surface area (Å²) in [5.74, 6) is 0.833. The third-order valence-electron chi connectivity index (χ3n) is 4.23. The molecule has 17 heavy (non-hydrogen) atoms. The van der Waals surface area contributed by atoms with Crippen molar-refractivity contribution in [1.82, 2.24) is 0 Å². The highest BCUT2D eigenvalue weighted by molar-refractivity contribution is 5.17. The summed E-state index contributed by atoms with van der Waals surface area (Å²) < 4.78 is 0. The van der Waals surface area contributed by atoms with Gasteiger partial charge >= 0.3 is 0 Å². The minimum atomic E-state index is -0.453. The molecular weight excluding hydrogens is 208 g/mol. The summed E-state index contributed by atoms with van der Waals surface area (Å²) in [6.45, 7) is 2.27. The molecule has 1 fully saturated rings. The van der Waals surface area contributed by atoms with E-state index in [-0.39, 0.29) is 0 Å². The van der Waals surface area contributed by atoms with E-state index in [1.807, 2.05) is 6.07 Å². The summed E-state index contributed by atoms with van der Waals surface area (Å²) in [5, 5.41) is 10.7. The fraction of sp³-hybridized carbons (Fsp3) is 0.625. The smallest absolute Gasteiger partial charge is 0.0688 e. The summed E-state index contributed by atoms with van der Waals surface area (Å²) in [6.07, 6.45) is 7.71. The molecule has 1 aliphatic rings. The molecule has 0 spiro atoms. The SMILES string of the molecule is CCC1CCCC(O)(Cc2ccccc2)CC1. The molecule has 1 aromatic rings. The molecule has 0 radical (unpaired) electrons. The Kier molecular flexibility index (Phi) is 4.22. The molecular formula is C16H24O. The van der Waals surface area contributed by atoms with Gasteiger partial charge in [-0.25, -0.2) is 0 Å². The number of hydrogen-bond donors (Lipinski definition) is 1. The molecule has 2 unspecified atom stereocenters. The number of benzene rings is 1. The van der Waals surface area contributed by atoms with Gasteiger partial charge in [0.1, 0.15) is 0 Å². The van der Waals surface area contributed by atoms with E-state index in [0.29, 0.717) is 0 Å². The van der Waals surface area contributed by atoms with Gasteiger partial charge in [-0.05, 0) is 30.7 Å². The first-order chi connectivity index (χ1) is 8.22. The van der Waals surface area contributed by atoms with Gasteiger partial charge in [0.2, 0.25) is 0 Å². The summed E-state index contributed by atoms with van der Waals surface area (Å²) in [5.41, 5.74) is 0.815. The van der Waals surface area contributed by atoms with Crippen molar-refractivity contribution in [2.24, 2.45) is 5.92 Å². The Bertz CT molecular complexity index is 333. The molecule has 1 N–H and O–H groups in total. The lowest BCUT2D eigenvalue weighted by atomic mass is 9.87. The summed E-state index contributed by atoms with van der Waals surface area (Å²) in [7, 11) is 0. The van der Waals surface area contributed by atoms with Gasteiger partial charge in [0.15, 0.2) is 0 Å². The maximum absolute atomic E-state index is 10.7. The van der Waals surface area contributed by atoms with Gasteiger partial charge in [0, 0.05) is 6.42 Å². The van der Waals surface area contributed by atoms with Crippen LogP contribution in [0.25, 0.3) is 0 Å². The molecule has 1 saturated carbocycles. The van der Waals surface area contributed by atoms with Crippen LogP contribution in [0, 0.1) is 5.92 Å². The molecule has 1 nitrogen and oxygen atoms in total. The molecule has 0 heterocycles. The average Bonchev–Trinajstić information content (AvgIpc) is 2.52. The third kappa shape index (κ3) is 3.57. The predicted octanol–water partition coefficient (Wildman–Crippen LogP) is 3.95.